The van der Waals surface area contributed by atoms with Crippen LogP contribution in [0.3, 0.4) is 0 Å². The van der Waals surface area contributed by atoms with Crippen LogP contribution in [-0.2, 0) is 4.74 Å². The summed E-state index contributed by atoms with van der Waals surface area (Å²) in [6, 6.07) is 2.93. The van der Waals surface area contributed by atoms with E-state index in [-0.39, 0.29) is 27.3 Å². The summed E-state index contributed by atoms with van der Waals surface area (Å²) in [6.45, 7) is 5.41. The predicted molar refractivity (Wildman–Crippen MR) is 97.8 cm³/mol. The molecule has 0 radical (unpaired) electrons. The highest BCUT2D eigenvalue weighted by Gasteiger charge is 2.21. The van der Waals surface area contributed by atoms with E-state index in [2.05, 4.69) is 15.0 Å². The predicted octanol–water partition coefficient (Wildman–Crippen LogP) is 4.22. The molecule has 1 N–H and O–H groups in total. The Balaban J connectivity index is 1.92. The van der Waals surface area contributed by atoms with Gasteiger partial charge in [0.05, 0.1) is 10.4 Å². The normalized spacial score (nSPS) is 12.4. The number of carbonyl (C=O) groups excluding carboxylic acids is 1. The minimum Gasteiger partial charge on any atom is -0.450 e. The Hall–Kier alpha value is -1.96. The third-order valence-corrected chi connectivity index (χ3v) is 5.35. The molecule has 0 saturated heterocycles. The van der Waals surface area contributed by atoms with Gasteiger partial charge in [0.25, 0.3) is 5.56 Å². The molecule has 25 heavy (non-hydrogen) atoms. The highest BCUT2D eigenvalue weighted by molar-refractivity contribution is 7.18. The molecule has 3 aromatic heterocycles. The summed E-state index contributed by atoms with van der Waals surface area (Å²) in [7, 11) is 0. The lowest BCUT2D eigenvalue weighted by atomic mass is 10.2. The number of aryl methyl sites for hydroxylation is 2. The van der Waals surface area contributed by atoms with Crippen LogP contribution in [0.2, 0.25) is 10.2 Å². The second-order valence-electron chi connectivity index (χ2n) is 5.43. The number of rotatable bonds is 3. The van der Waals surface area contributed by atoms with E-state index in [1.807, 2.05) is 13.8 Å². The maximum absolute atomic E-state index is 12.3. The van der Waals surface area contributed by atoms with Gasteiger partial charge in [-0.15, -0.1) is 11.3 Å². The number of halogens is 2. The second kappa shape index (κ2) is 6.74. The van der Waals surface area contributed by atoms with Gasteiger partial charge in [-0.3, -0.25) is 4.79 Å². The largest absolute Gasteiger partial charge is 0.450 e. The number of ether oxygens (including phenoxy) is 1. The summed E-state index contributed by atoms with van der Waals surface area (Å²) >= 11 is 13.2. The molecule has 0 aromatic carbocycles. The maximum Gasteiger partial charge on any atom is 0.359 e. The van der Waals surface area contributed by atoms with E-state index in [0.717, 1.165) is 10.4 Å². The van der Waals surface area contributed by atoms with E-state index in [1.165, 1.54) is 23.5 Å². The molecule has 0 aliphatic heterocycles. The van der Waals surface area contributed by atoms with Crippen LogP contribution in [0, 0.1) is 13.8 Å². The summed E-state index contributed by atoms with van der Waals surface area (Å²) in [5.74, 6) is -0.494. The molecule has 130 valence electrons. The Morgan fingerprint density at radius 1 is 1.28 bits per heavy atom. The van der Waals surface area contributed by atoms with Crippen molar-refractivity contribution in [3.05, 3.63) is 54.6 Å². The molecule has 3 heterocycles. The molecule has 3 aromatic rings. The molecule has 0 bridgehead atoms. The van der Waals surface area contributed by atoms with Gasteiger partial charge in [0.15, 0.2) is 17.6 Å². The molecule has 0 saturated carbocycles. The standard InChI is InChI=1S/C16H13Cl2N3O3S/c1-6-8(3)25-15-11(6)14(22)20-13(21-15)7(2)24-16(23)12-9(17)4-5-10(18)19-12/h4-5,7H,1-3H3,(H,20,21,22)/t7-/m0/s1. The van der Waals surface area contributed by atoms with Crippen LogP contribution >= 0.6 is 34.5 Å². The summed E-state index contributed by atoms with van der Waals surface area (Å²) in [5.41, 5.74) is 0.552. The van der Waals surface area contributed by atoms with Gasteiger partial charge in [0.2, 0.25) is 0 Å². The van der Waals surface area contributed by atoms with Crippen molar-refractivity contribution >= 4 is 50.7 Å². The first-order valence-corrected chi connectivity index (χ1v) is 8.88. The fourth-order valence-corrected chi connectivity index (χ4v) is 3.66. The lowest BCUT2D eigenvalue weighted by Gasteiger charge is -2.12. The van der Waals surface area contributed by atoms with E-state index in [4.69, 9.17) is 27.9 Å². The zero-order chi connectivity index (χ0) is 18.3. The maximum atomic E-state index is 12.3. The molecule has 0 unspecified atom stereocenters. The van der Waals surface area contributed by atoms with E-state index >= 15 is 0 Å². The van der Waals surface area contributed by atoms with Crippen LogP contribution in [0.25, 0.3) is 10.2 Å². The number of esters is 1. The van der Waals surface area contributed by atoms with Crippen molar-refractivity contribution < 1.29 is 9.53 Å². The number of aromatic amines is 1. The Bertz CT molecular complexity index is 1050. The minimum atomic E-state index is -0.788. The molecule has 0 spiro atoms. The number of hydrogen-bond acceptors (Lipinski definition) is 6. The Kier molecular flexibility index (Phi) is 4.81. The molecular formula is C16H13Cl2N3O3S. The first-order valence-electron chi connectivity index (χ1n) is 7.31. The van der Waals surface area contributed by atoms with Crippen LogP contribution in [0.5, 0.6) is 0 Å². The van der Waals surface area contributed by atoms with Crippen LogP contribution < -0.4 is 5.56 Å². The van der Waals surface area contributed by atoms with E-state index in [0.29, 0.717) is 10.2 Å². The van der Waals surface area contributed by atoms with E-state index in [1.54, 1.807) is 6.92 Å². The summed E-state index contributed by atoms with van der Waals surface area (Å²) in [5, 5.41) is 0.814. The number of fused-ring (bicyclic) bond motifs is 1. The zero-order valence-corrected chi connectivity index (χ0v) is 15.8. The molecule has 0 amide bonds. The Morgan fingerprint density at radius 3 is 2.72 bits per heavy atom. The SMILES string of the molecule is Cc1sc2nc([C@H](C)OC(=O)c3nc(Cl)ccc3Cl)[nH]c(=O)c2c1C. The number of pyridine rings is 1. The molecule has 0 aliphatic rings. The van der Waals surface area contributed by atoms with Gasteiger partial charge in [-0.05, 0) is 38.5 Å². The molecule has 6 nitrogen and oxygen atoms in total. The summed E-state index contributed by atoms with van der Waals surface area (Å²) < 4.78 is 5.33. The lowest BCUT2D eigenvalue weighted by molar-refractivity contribution is 0.0313. The zero-order valence-electron chi connectivity index (χ0n) is 13.5. The van der Waals surface area contributed by atoms with Gasteiger partial charge in [-0.1, -0.05) is 23.2 Å². The van der Waals surface area contributed by atoms with Crippen LogP contribution in [-0.4, -0.2) is 20.9 Å². The number of thiophene rings is 1. The second-order valence-corrected chi connectivity index (χ2v) is 7.42. The summed E-state index contributed by atoms with van der Waals surface area (Å²) in [4.78, 5) is 37.2. The van der Waals surface area contributed by atoms with Gasteiger partial charge in [0.1, 0.15) is 9.98 Å². The fraction of sp³-hybridized carbons (Fsp3) is 0.250. The third kappa shape index (κ3) is 3.40. The highest BCUT2D eigenvalue weighted by Crippen LogP contribution is 2.27. The van der Waals surface area contributed by atoms with Gasteiger partial charge in [-0.2, -0.15) is 0 Å². The van der Waals surface area contributed by atoms with Gasteiger partial charge in [-0.25, -0.2) is 14.8 Å². The van der Waals surface area contributed by atoms with E-state index in [9.17, 15) is 9.59 Å². The molecule has 3 rings (SSSR count). The van der Waals surface area contributed by atoms with E-state index < -0.39 is 12.1 Å². The first kappa shape index (κ1) is 17.8. The van der Waals surface area contributed by atoms with Gasteiger partial charge < -0.3 is 9.72 Å². The van der Waals surface area contributed by atoms with Crippen LogP contribution in [0.1, 0.15) is 39.8 Å². The smallest absolute Gasteiger partial charge is 0.359 e. The van der Waals surface area contributed by atoms with Crippen LogP contribution in [0.4, 0.5) is 0 Å². The number of hydrogen-bond donors (Lipinski definition) is 1. The monoisotopic (exact) mass is 397 g/mol. The quantitative estimate of drug-likeness (QED) is 0.528. The minimum absolute atomic E-state index is 0.0905. The molecule has 1 atom stereocenters. The number of carbonyl (C=O) groups is 1. The van der Waals surface area contributed by atoms with Crippen molar-refractivity contribution in [2.24, 2.45) is 0 Å². The van der Waals surface area contributed by atoms with Crippen molar-refractivity contribution in [2.75, 3.05) is 0 Å². The van der Waals surface area contributed by atoms with Gasteiger partial charge in [0, 0.05) is 4.88 Å². The Morgan fingerprint density at radius 2 is 2.00 bits per heavy atom. The number of nitrogens with one attached hydrogen (secondary N) is 1. The lowest BCUT2D eigenvalue weighted by Crippen LogP contribution is -2.18. The molecule has 0 fully saturated rings. The third-order valence-electron chi connectivity index (χ3n) is 3.73. The molecule has 9 heteroatoms. The van der Waals surface area contributed by atoms with Crippen molar-refractivity contribution in [1.29, 1.82) is 0 Å². The van der Waals surface area contributed by atoms with Crippen molar-refractivity contribution in [3.63, 3.8) is 0 Å². The average Bonchev–Trinajstić information content (AvgIpc) is 2.84. The topological polar surface area (TPSA) is 84.9 Å². The number of H-pyrrole nitrogens is 1. The number of aromatic nitrogens is 3. The Labute approximate surface area is 156 Å². The highest BCUT2D eigenvalue weighted by atomic mass is 35.5. The number of nitrogens with zero attached hydrogens (tertiary/aromatic N) is 2. The molecule has 0 aliphatic carbocycles. The fourth-order valence-electron chi connectivity index (χ4n) is 2.30. The summed E-state index contributed by atoms with van der Waals surface area (Å²) in [6.07, 6.45) is -0.788. The van der Waals surface area contributed by atoms with Gasteiger partial charge >= 0.3 is 5.97 Å². The van der Waals surface area contributed by atoms with Crippen molar-refractivity contribution in [1.82, 2.24) is 15.0 Å². The molecular weight excluding hydrogens is 385 g/mol. The van der Waals surface area contributed by atoms with Crippen molar-refractivity contribution in [3.8, 4) is 0 Å². The van der Waals surface area contributed by atoms with Crippen molar-refractivity contribution in [2.45, 2.75) is 26.9 Å². The first-order chi connectivity index (χ1) is 11.8. The van der Waals surface area contributed by atoms with Crippen LogP contribution in [0.15, 0.2) is 16.9 Å². The average molecular weight is 398 g/mol.